The summed E-state index contributed by atoms with van der Waals surface area (Å²) in [7, 11) is 0. The molecule has 1 aliphatic rings. The van der Waals surface area contributed by atoms with Gasteiger partial charge in [-0.1, -0.05) is 12.1 Å². The lowest BCUT2D eigenvalue weighted by Gasteiger charge is -2.27. The molecular weight excluding hydrogens is 382 g/mol. The van der Waals surface area contributed by atoms with Gasteiger partial charge in [0.25, 0.3) is 5.91 Å². The molecule has 0 aliphatic carbocycles. The number of nitrogens with two attached hydrogens (primary N) is 1. The normalized spacial score (nSPS) is 14.2. The van der Waals surface area contributed by atoms with Gasteiger partial charge in [-0.2, -0.15) is 0 Å². The summed E-state index contributed by atoms with van der Waals surface area (Å²) < 4.78 is 5.75. The van der Waals surface area contributed by atoms with Crippen molar-refractivity contribution in [3.63, 3.8) is 0 Å². The maximum Gasteiger partial charge on any atom is 0.253 e. The van der Waals surface area contributed by atoms with E-state index < -0.39 is 0 Å². The summed E-state index contributed by atoms with van der Waals surface area (Å²) in [4.78, 5) is 31.8. The third-order valence-corrected chi connectivity index (χ3v) is 5.03. The number of anilines is 1. The minimum Gasteiger partial charge on any atom is -0.434 e. The highest BCUT2D eigenvalue weighted by molar-refractivity contribution is 5.94. The number of oxazole rings is 1. The van der Waals surface area contributed by atoms with E-state index in [1.807, 2.05) is 29.2 Å². The molecule has 1 aromatic carbocycles. The molecule has 0 spiro atoms. The zero-order valence-electron chi connectivity index (χ0n) is 16.1. The number of benzene rings is 1. The highest BCUT2D eigenvalue weighted by Gasteiger charge is 2.19. The third kappa shape index (κ3) is 3.35. The first-order chi connectivity index (χ1) is 14.7. The predicted octanol–water partition coefficient (Wildman–Crippen LogP) is 1.97. The van der Waals surface area contributed by atoms with E-state index in [-0.39, 0.29) is 17.6 Å². The van der Waals surface area contributed by atoms with Crippen molar-refractivity contribution in [2.24, 2.45) is 0 Å². The van der Waals surface area contributed by atoms with Crippen LogP contribution in [0.3, 0.4) is 0 Å². The lowest BCUT2D eigenvalue weighted by atomic mass is 10.1. The smallest absolute Gasteiger partial charge is 0.253 e. The van der Waals surface area contributed by atoms with Gasteiger partial charge in [0.1, 0.15) is 5.52 Å². The molecule has 4 aromatic rings. The number of hydrogen-bond donors (Lipinski definition) is 2. The van der Waals surface area contributed by atoms with E-state index in [9.17, 15) is 4.79 Å². The van der Waals surface area contributed by atoms with Gasteiger partial charge in [0, 0.05) is 49.6 Å². The number of rotatable bonds is 3. The molecule has 1 fully saturated rings. The second kappa shape index (κ2) is 7.53. The van der Waals surface area contributed by atoms with Crippen LogP contribution >= 0.6 is 0 Å². The molecule has 30 heavy (non-hydrogen) atoms. The Morgan fingerprint density at radius 1 is 1.07 bits per heavy atom. The van der Waals surface area contributed by atoms with E-state index in [1.165, 1.54) is 0 Å². The molecule has 1 saturated heterocycles. The Balaban J connectivity index is 1.44. The Hall–Kier alpha value is -3.85. The molecule has 0 unspecified atom stereocenters. The number of hydrogen-bond acceptors (Lipinski definition) is 8. The van der Waals surface area contributed by atoms with Gasteiger partial charge in [-0.05, 0) is 12.1 Å². The first-order valence-electron chi connectivity index (χ1n) is 9.63. The van der Waals surface area contributed by atoms with Crippen LogP contribution in [0.2, 0.25) is 0 Å². The van der Waals surface area contributed by atoms with Crippen LogP contribution in [0.1, 0.15) is 10.4 Å². The molecule has 5 rings (SSSR count). The molecule has 1 amide bonds. The van der Waals surface area contributed by atoms with Crippen molar-refractivity contribution in [2.45, 2.75) is 0 Å². The minimum absolute atomic E-state index is 0.0345. The number of piperazine rings is 1. The zero-order valence-corrected chi connectivity index (χ0v) is 16.1. The molecule has 1 aliphatic heterocycles. The van der Waals surface area contributed by atoms with Gasteiger partial charge < -0.3 is 20.4 Å². The van der Waals surface area contributed by atoms with Crippen LogP contribution in [-0.2, 0) is 0 Å². The Morgan fingerprint density at radius 2 is 1.87 bits per heavy atom. The highest BCUT2D eigenvalue weighted by atomic mass is 16.3. The first kappa shape index (κ1) is 18.2. The topological polar surface area (TPSA) is 123 Å². The minimum atomic E-state index is 0.0345. The van der Waals surface area contributed by atoms with Gasteiger partial charge in [0.2, 0.25) is 5.89 Å². The van der Waals surface area contributed by atoms with Gasteiger partial charge in [-0.3, -0.25) is 9.78 Å². The standard InChI is InChI=1S/C21H19N7O2/c22-19-18(20-27-16-11-24-6-5-17(16)30-20)26-15(12-25-19)13-1-3-14(4-2-13)21(29)28-9-7-23-8-10-28/h1-6,11-12,23H,7-10H2,(H2,22,25). The van der Waals surface area contributed by atoms with Crippen LogP contribution in [0.15, 0.2) is 53.3 Å². The molecule has 150 valence electrons. The van der Waals surface area contributed by atoms with Crippen LogP contribution in [0.25, 0.3) is 33.9 Å². The average molecular weight is 401 g/mol. The van der Waals surface area contributed by atoms with Gasteiger partial charge in [0.15, 0.2) is 17.1 Å². The number of carbonyl (C=O) groups excluding carboxylic acids is 1. The van der Waals surface area contributed by atoms with E-state index in [0.717, 1.165) is 18.7 Å². The van der Waals surface area contributed by atoms with E-state index in [2.05, 4.69) is 25.3 Å². The van der Waals surface area contributed by atoms with Gasteiger partial charge in [0.05, 0.1) is 18.1 Å². The van der Waals surface area contributed by atoms with Gasteiger partial charge in [-0.15, -0.1) is 0 Å². The summed E-state index contributed by atoms with van der Waals surface area (Å²) in [5.74, 6) is 0.548. The van der Waals surface area contributed by atoms with E-state index in [0.29, 0.717) is 41.1 Å². The number of nitrogens with zero attached hydrogens (tertiary/aromatic N) is 5. The summed E-state index contributed by atoms with van der Waals surface area (Å²) in [6.45, 7) is 3.07. The third-order valence-electron chi connectivity index (χ3n) is 5.03. The number of pyridine rings is 1. The number of amides is 1. The summed E-state index contributed by atoms with van der Waals surface area (Å²) in [5.41, 5.74) is 9.69. The molecular formula is C21H19N7O2. The van der Waals surface area contributed by atoms with Crippen molar-refractivity contribution in [1.82, 2.24) is 30.2 Å². The monoisotopic (exact) mass is 401 g/mol. The zero-order chi connectivity index (χ0) is 20.5. The molecule has 3 N–H and O–H groups in total. The first-order valence-corrected chi connectivity index (χ1v) is 9.63. The molecule has 4 heterocycles. The number of nitrogen functional groups attached to an aromatic ring is 1. The van der Waals surface area contributed by atoms with Crippen LogP contribution in [0.4, 0.5) is 5.82 Å². The lowest BCUT2D eigenvalue weighted by Crippen LogP contribution is -2.46. The second-order valence-electron chi connectivity index (χ2n) is 6.97. The Morgan fingerprint density at radius 3 is 2.63 bits per heavy atom. The van der Waals surface area contributed by atoms with Crippen molar-refractivity contribution in [1.29, 1.82) is 0 Å². The molecule has 9 heteroatoms. The van der Waals surface area contributed by atoms with Gasteiger partial charge >= 0.3 is 0 Å². The second-order valence-corrected chi connectivity index (χ2v) is 6.97. The highest BCUT2D eigenvalue weighted by Crippen LogP contribution is 2.28. The van der Waals surface area contributed by atoms with Crippen molar-refractivity contribution in [3.8, 4) is 22.8 Å². The van der Waals surface area contributed by atoms with Crippen LogP contribution < -0.4 is 11.1 Å². The number of aromatic nitrogens is 4. The van der Waals surface area contributed by atoms with E-state index in [4.69, 9.17) is 10.2 Å². The molecule has 3 aromatic heterocycles. The van der Waals surface area contributed by atoms with Gasteiger partial charge in [-0.25, -0.2) is 15.0 Å². The lowest BCUT2D eigenvalue weighted by molar-refractivity contribution is 0.0736. The fourth-order valence-electron chi connectivity index (χ4n) is 3.41. The maximum atomic E-state index is 12.6. The fourth-order valence-corrected chi connectivity index (χ4v) is 3.41. The SMILES string of the molecule is Nc1ncc(-c2ccc(C(=O)N3CCNCC3)cc2)nc1-c1nc2cnccc2o1. The van der Waals surface area contributed by atoms with Crippen molar-refractivity contribution >= 4 is 22.8 Å². The summed E-state index contributed by atoms with van der Waals surface area (Å²) >= 11 is 0. The van der Waals surface area contributed by atoms with E-state index >= 15 is 0 Å². The Bertz CT molecular complexity index is 1180. The molecule has 0 bridgehead atoms. The quantitative estimate of drug-likeness (QED) is 0.534. The molecule has 0 saturated carbocycles. The molecule has 9 nitrogen and oxygen atoms in total. The maximum absolute atomic E-state index is 12.6. The fraction of sp³-hybridized carbons (Fsp3) is 0.190. The summed E-state index contributed by atoms with van der Waals surface area (Å²) in [5, 5.41) is 3.25. The van der Waals surface area contributed by atoms with Crippen molar-refractivity contribution in [3.05, 3.63) is 54.5 Å². The summed E-state index contributed by atoms with van der Waals surface area (Å²) in [6.07, 6.45) is 4.84. The van der Waals surface area contributed by atoms with Crippen molar-refractivity contribution in [2.75, 3.05) is 31.9 Å². The van der Waals surface area contributed by atoms with Crippen LogP contribution in [0, 0.1) is 0 Å². The Labute approximate surface area is 172 Å². The molecule has 0 atom stereocenters. The van der Waals surface area contributed by atoms with Crippen molar-refractivity contribution < 1.29 is 9.21 Å². The van der Waals surface area contributed by atoms with Crippen LogP contribution in [-0.4, -0.2) is 56.9 Å². The average Bonchev–Trinajstić information content (AvgIpc) is 3.24. The predicted molar refractivity (Wildman–Crippen MR) is 111 cm³/mol. The number of fused-ring (bicyclic) bond motifs is 1. The number of nitrogens with one attached hydrogen (secondary N) is 1. The van der Waals surface area contributed by atoms with E-state index in [1.54, 1.807) is 24.7 Å². The molecule has 0 radical (unpaired) electrons. The Kier molecular flexibility index (Phi) is 4.56. The van der Waals surface area contributed by atoms with Crippen LogP contribution in [0.5, 0.6) is 0 Å². The summed E-state index contributed by atoms with van der Waals surface area (Å²) in [6, 6.07) is 9.06. The number of carbonyl (C=O) groups is 1. The largest absolute Gasteiger partial charge is 0.434 e.